The van der Waals surface area contributed by atoms with Crippen LogP contribution in [0.3, 0.4) is 0 Å². The van der Waals surface area contributed by atoms with Crippen molar-refractivity contribution in [3.63, 3.8) is 0 Å². The van der Waals surface area contributed by atoms with Gasteiger partial charge in [-0.25, -0.2) is 0 Å². The zero-order valence-corrected chi connectivity index (χ0v) is 83.9. The quantitative estimate of drug-likeness (QED) is 0.101. The second-order valence-corrected chi connectivity index (χ2v) is 46.7. The topological polar surface area (TPSA) is 16.3 Å². The number of aromatic nitrogens is 2. The summed E-state index contributed by atoms with van der Waals surface area (Å²) in [5.41, 5.74) is 43.9. The maximum Gasteiger partial charge on any atom is 0.252 e. The number of hydrogen-bond acceptors (Lipinski definition) is 2. The van der Waals surface area contributed by atoms with Crippen LogP contribution in [-0.2, 0) is 39.9 Å². The largest absolute Gasteiger partial charge is 0.310 e. The fourth-order valence-electron chi connectivity index (χ4n) is 21.8. The van der Waals surface area contributed by atoms with E-state index in [4.69, 9.17) is 0 Å². The lowest BCUT2D eigenvalue weighted by Gasteiger charge is -2.46. The predicted octanol–water partition coefficient (Wildman–Crippen LogP) is 35.0. The van der Waals surface area contributed by atoms with Crippen LogP contribution in [0.5, 0.6) is 0 Å². The summed E-state index contributed by atoms with van der Waals surface area (Å²) in [5.74, 6) is 0. The van der Waals surface area contributed by atoms with Crippen LogP contribution in [-0.4, -0.2) is 15.8 Å². The van der Waals surface area contributed by atoms with Gasteiger partial charge in [0.1, 0.15) is 0 Å². The van der Waals surface area contributed by atoms with Crippen LogP contribution < -0.4 is 26.2 Å². The highest BCUT2D eigenvalue weighted by Gasteiger charge is 2.47. The van der Waals surface area contributed by atoms with Gasteiger partial charge < -0.3 is 18.9 Å². The normalized spacial score (nSPS) is 13.2. The lowest BCUT2D eigenvalue weighted by atomic mass is 9.33. The Bertz CT molecular complexity index is 7150. The summed E-state index contributed by atoms with van der Waals surface area (Å²) in [4.78, 5) is 5.66. The summed E-state index contributed by atoms with van der Waals surface area (Å²) < 4.78 is 5.17. The van der Waals surface area contributed by atoms with E-state index in [2.05, 4.69) is 528 Å². The van der Waals surface area contributed by atoms with Gasteiger partial charge in [-0.2, -0.15) is 0 Å². The third-order valence-electron chi connectivity index (χ3n) is 28.8. The lowest BCUT2D eigenvalue weighted by molar-refractivity contribution is 0.411. The second kappa shape index (κ2) is 33.5. The van der Waals surface area contributed by atoms with Crippen molar-refractivity contribution in [1.29, 1.82) is 0 Å². The van der Waals surface area contributed by atoms with Crippen molar-refractivity contribution in [2.45, 2.75) is 185 Å². The third kappa shape index (κ3) is 16.7. The Labute approximate surface area is 813 Å². The number of anilines is 6. The molecule has 0 radical (unpaired) electrons. The average Bonchev–Trinajstić information content (AvgIpc) is 1.12. The maximum absolute atomic E-state index is 2.83. The van der Waals surface area contributed by atoms with Gasteiger partial charge in [0.25, 0.3) is 6.71 Å². The molecule has 0 N–H and O–H groups in total. The lowest BCUT2D eigenvalue weighted by Crippen LogP contribution is -2.61. The minimum absolute atomic E-state index is 0.0661. The number of benzene rings is 17. The molecule has 2 aromatic heterocycles. The van der Waals surface area contributed by atoms with Gasteiger partial charge in [0.05, 0.1) is 33.4 Å². The van der Waals surface area contributed by atoms with Gasteiger partial charge in [0.15, 0.2) is 0 Å². The average molecular weight is 1780 g/mol. The summed E-state index contributed by atoms with van der Waals surface area (Å²) in [7, 11) is 0. The Hall–Kier alpha value is -14.0. The molecule has 17 aromatic carbocycles. The summed E-state index contributed by atoms with van der Waals surface area (Å²) in [6, 6.07) is 142. The molecule has 21 rings (SSSR count). The Morgan fingerprint density at radius 2 is 0.460 bits per heavy atom. The Morgan fingerprint density at radius 3 is 0.708 bits per heavy atom. The minimum atomic E-state index is -0.419. The van der Waals surface area contributed by atoms with Gasteiger partial charge in [-0.15, -0.1) is 0 Å². The fraction of sp³-hybridized carbons (Fsp3) is 0.227. The first-order valence-electron chi connectivity index (χ1n) is 49.5. The standard InChI is InChI=1S/C132H127BN4/c1-126(2,3)82-84-66-105(94-46-34-50-98(70-94)128(7,8)9)124(106(67-84)95-47-35-51-99(71-95)129(10,11)12)136-119-80-103(134-115-62-54-90(86-38-26-22-27-39-86)74-109(115)110-75-91(55-63-116(110)134)87-40-28-23-29-41-87)58-60-113(119)133-114-61-59-104(135-117-64-56-92(88-42-30-24-31-43-88)76-111(117)112-77-93(57-65-118(112)135)89-44-32-25-33-45-89)81-120(114)137(122-79-102(132(19,20)21)78-121(136)123(122)133)125-107(96-48-36-52-100(72-96)130(13,14)15)68-85(83-127(4,5)6)69-108(125)97-49-37-53-101(73-97)131(16,17)18/h22-81H,82-83H2,1-21H3. The van der Waals surface area contributed by atoms with Crippen molar-refractivity contribution in [3.05, 3.63) is 403 Å². The Morgan fingerprint density at radius 1 is 0.204 bits per heavy atom. The molecule has 2 aliphatic rings. The molecular formula is C132H127BN4. The summed E-state index contributed by atoms with van der Waals surface area (Å²) >= 11 is 0. The first-order valence-corrected chi connectivity index (χ1v) is 49.5. The van der Waals surface area contributed by atoms with Crippen LogP contribution in [0.2, 0.25) is 0 Å². The number of rotatable bonds is 14. The molecule has 5 heteroatoms. The van der Waals surface area contributed by atoms with Crippen molar-refractivity contribution >= 4 is 101 Å². The minimum Gasteiger partial charge on any atom is -0.310 e. The number of hydrogen-bond donors (Lipinski definition) is 0. The van der Waals surface area contributed by atoms with Gasteiger partial charge in [-0.05, 0) is 282 Å². The molecule has 0 unspecified atom stereocenters. The molecule has 0 atom stereocenters. The van der Waals surface area contributed by atoms with Crippen molar-refractivity contribution in [2.75, 3.05) is 9.80 Å². The van der Waals surface area contributed by atoms with E-state index >= 15 is 0 Å². The molecule has 0 bridgehead atoms. The number of nitrogens with zero attached hydrogens (tertiary/aromatic N) is 4. The molecule has 0 aliphatic carbocycles. The molecule has 678 valence electrons. The maximum atomic E-state index is 2.83. The van der Waals surface area contributed by atoms with Crippen molar-refractivity contribution in [1.82, 2.24) is 9.13 Å². The first kappa shape index (κ1) is 89.5. The zero-order valence-electron chi connectivity index (χ0n) is 83.9. The van der Waals surface area contributed by atoms with Crippen LogP contribution in [0.25, 0.3) is 144 Å². The molecule has 0 amide bonds. The second-order valence-electron chi connectivity index (χ2n) is 46.7. The van der Waals surface area contributed by atoms with Crippen LogP contribution in [0, 0.1) is 10.8 Å². The van der Waals surface area contributed by atoms with Crippen LogP contribution in [0.1, 0.15) is 184 Å². The van der Waals surface area contributed by atoms with Gasteiger partial charge in [-0.3, -0.25) is 0 Å². The molecule has 2 aliphatic heterocycles. The van der Waals surface area contributed by atoms with E-state index in [0.29, 0.717) is 0 Å². The molecule has 0 saturated carbocycles. The molecule has 0 saturated heterocycles. The van der Waals surface area contributed by atoms with Crippen molar-refractivity contribution < 1.29 is 0 Å². The van der Waals surface area contributed by atoms with E-state index in [1.807, 2.05) is 0 Å². The SMILES string of the molecule is CC(C)(C)Cc1cc(-c2cccc(C(C)(C)C)c2)c(N2c3cc(-n4c5ccc(-c6ccccc6)cc5c5cc(-c6ccccc6)ccc54)ccc3B3c4ccc(-n5c6ccc(-c7ccccc7)cc6c6cc(-c7ccccc7)ccc65)cc4N(c4c(-c5cccc(C(C)(C)C)c5)cc(CC(C)(C)C)cc4-c4cccc(C(C)(C)C)c4)c4cc(C(C)(C)C)cc2c43)c(-c2cccc(C(C)(C)C)c2)c1. The highest BCUT2D eigenvalue weighted by molar-refractivity contribution is 7.00. The Balaban J connectivity index is 0.954. The third-order valence-corrected chi connectivity index (χ3v) is 28.8. The van der Waals surface area contributed by atoms with Gasteiger partial charge >= 0.3 is 0 Å². The number of fused-ring (bicyclic) bond motifs is 10. The zero-order chi connectivity index (χ0) is 95.5. The predicted molar refractivity (Wildman–Crippen MR) is 592 cm³/mol. The summed E-state index contributed by atoms with van der Waals surface area (Å²) in [5, 5.41) is 4.79. The van der Waals surface area contributed by atoms with Crippen LogP contribution in [0.15, 0.2) is 364 Å². The Kier molecular flexibility index (Phi) is 21.9. The highest BCUT2D eigenvalue weighted by atomic mass is 15.2. The van der Waals surface area contributed by atoms with E-state index < -0.39 is 5.41 Å². The molecule has 4 heterocycles. The smallest absolute Gasteiger partial charge is 0.252 e. The molecular weight excluding hydrogens is 1650 g/mol. The van der Waals surface area contributed by atoms with E-state index in [1.54, 1.807) is 0 Å². The monoisotopic (exact) mass is 1780 g/mol. The van der Waals surface area contributed by atoms with Crippen LogP contribution >= 0.6 is 0 Å². The molecule has 19 aromatic rings. The molecule has 0 fully saturated rings. The van der Waals surface area contributed by atoms with E-state index in [9.17, 15) is 0 Å². The highest BCUT2D eigenvalue weighted by Crippen LogP contribution is 2.57. The molecule has 137 heavy (non-hydrogen) atoms. The van der Waals surface area contributed by atoms with Gasteiger partial charge in [-0.1, -0.05) is 400 Å². The van der Waals surface area contributed by atoms with Crippen molar-refractivity contribution in [3.8, 4) is 100 Å². The first-order chi connectivity index (χ1) is 65.3. The van der Waals surface area contributed by atoms with E-state index in [-0.39, 0.29) is 39.2 Å². The summed E-state index contributed by atoms with van der Waals surface area (Å²) in [6.07, 6.45) is 1.72. The van der Waals surface area contributed by atoms with E-state index in [0.717, 1.165) is 80.4 Å². The molecule has 4 nitrogen and oxygen atoms in total. The molecule has 0 spiro atoms. The van der Waals surface area contributed by atoms with Gasteiger partial charge in [0, 0.05) is 77.9 Å². The van der Waals surface area contributed by atoms with E-state index in [1.165, 1.54) is 166 Å². The van der Waals surface area contributed by atoms with Crippen LogP contribution in [0.4, 0.5) is 34.1 Å². The fourth-order valence-corrected chi connectivity index (χ4v) is 21.8. The van der Waals surface area contributed by atoms with Crippen molar-refractivity contribution in [2.24, 2.45) is 10.8 Å². The van der Waals surface area contributed by atoms with Gasteiger partial charge in [0.2, 0.25) is 0 Å². The summed E-state index contributed by atoms with van der Waals surface area (Å²) in [6.45, 7) is 49.9.